The molecular formula is C22H25N3O4. The molecule has 1 atom stereocenters. The smallest absolute Gasteiger partial charge is 0.255 e. The number of ether oxygens (including phenoxy) is 3. The van der Waals surface area contributed by atoms with Crippen LogP contribution in [0.15, 0.2) is 54.7 Å². The maximum absolute atomic E-state index is 13.0. The number of para-hydroxylation sites is 1. The lowest BCUT2D eigenvalue weighted by Crippen LogP contribution is -2.35. The van der Waals surface area contributed by atoms with Crippen LogP contribution in [-0.4, -0.2) is 49.7 Å². The maximum Gasteiger partial charge on any atom is 0.255 e. The lowest BCUT2D eigenvalue weighted by molar-refractivity contribution is 0.0906. The second kappa shape index (κ2) is 9.25. The molecule has 0 saturated carbocycles. The van der Waals surface area contributed by atoms with Crippen LogP contribution < -0.4 is 14.8 Å². The van der Waals surface area contributed by atoms with E-state index in [1.807, 2.05) is 49.4 Å². The Balaban J connectivity index is 2.07. The quantitative estimate of drug-likeness (QED) is 0.633. The van der Waals surface area contributed by atoms with Gasteiger partial charge < -0.3 is 19.5 Å². The Morgan fingerprint density at radius 1 is 1.07 bits per heavy atom. The average molecular weight is 395 g/mol. The lowest BCUT2D eigenvalue weighted by Gasteiger charge is -2.13. The number of carbonyl (C=O) groups is 1. The Labute approximate surface area is 170 Å². The van der Waals surface area contributed by atoms with Crippen LogP contribution in [0.25, 0.3) is 16.9 Å². The van der Waals surface area contributed by atoms with Crippen molar-refractivity contribution in [3.8, 4) is 28.4 Å². The van der Waals surface area contributed by atoms with Gasteiger partial charge in [-0.15, -0.1) is 0 Å². The number of nitrogens with one attached hydrogen (secondary N) is 1. The number of methoxy groups -OCH3 is 3. The standard InChI is InChI=1S/C22H25N3O4/c1-15(14-27-2)23-22(26)18-13-25(17-8-6-5-7-9-17)24-21(18)16-10-11-19(28-3)20(12-16)29-4/h5-13,15H,14H2,1-4H3,(H,23,26). The third-order valence-electron chi connectivity index (χ3n) is 4.43. The molecule has 0 saturated heterocycles. The van der Waals surface area contributed by atoms with Crippen LogP contribution in [0.4, 0.5) is 0 Å². The number of hydrogen-bond donors (Lipinski definition) is 1. The van der Waals surface area contributed by atoms with Crippen molar-refractivity contribution in [2.75, 3.05) is 27.9 Å². The molecule has 1 amide bonds. The molecule has 3 aromatic rings. The molecule has 0 bridgehead atoms. The molecule has 0 aliphatic heterocycles. The molecule has 7 heteroatoms. The highest BCUT2D eigenvalue weighted by Crippen LogP contribution is 2.33. The van der Waals surface area contributed by atoms with Crippen LogP contribution in [-0.2, 0) is 4.74 Å². The van der Waals surface area contributed by atoms with Crippen molar-refractivity contribution < 1.29 is 19.0 Å². The van der Waals surface area contributed by atoms with E-state index in [4.69, 9.17) is 14.2 Å². The summed E-state index contributed by atoms with van der Waals surface area (Å²) in [5.74, 6) is 0.957. The van der Waals surface area contributed by atoms with Crippen molar-refractivity contribution in [3.05, 3.63) is 60.3 Å². The summed E-state index contributed by atoms with van der Waals surface area (Å²) in [6.07, 6.45) is 1.73. The lowest BCUT2D eigenvalue weighted by atomic mass is 10.1. The van der Waals surface area contributed by atoms with Gasteiger partial charge in [-0.3, -0.25) is 4.79 Å². The minimum absolute atomic E-state index is 0.133. The van der Waals surface area contributed by atoms with Crippen LogP contribution in [0.3, 0.4) is 0 Å². The highest BCUT2D eigenvalue weighted by molar-refractivity contribution is 6.00. The number of amides is 1. The van der Waals surface area contributed by atoms with Crippen LogP contribution in [0.5, 0.6) is 11.5 Å². The Morgan fingerprint density at radius 3 is 2.45 bits per heavy atom. The molecule has 1 unspecified atom stereocenters. The van der Waals surface area contributed by atoms with Gasteiger partial charge in [0.05, 0.1) is 32.1 Å². The van der Waals surface area contributed by atoms with Crippen LogP contribution >= 0.6 is 0 Å². The largest absolute Gasteiger partial charge is 0.493 e. The number of hydrogen-bond acceptors (Lipinski definition) is 5. The zero-order valence-corrected chi connectivity index (χ0v) is 17.0. The minimum atomic E-state index is -0.221. The van der Waals surface area contributed by atoms with Crippen molar-refractivity contribution in [1.82, 2.24) is 15.1 Å². The highest BCUT2D eigenvalue weighted by atomic mass is 16.5. The Hall–Kier alpha value is -3.32. The molecule has 0 radical (unpaired) electrons. The normalized spacial score (nSPS) is 11.7. The molecule has 3 rings (SSSR count). The van der Waals surface area contributed by atoms with Crippen molar-refractivity contribution >= 4 is 5.91 Å². The summed E-state index contributed by atoms with van der Waals surface area (Å²) in [5, 5.41) is 7.63. The van der Waals surface area contributed by atoms with Crippen LogP contribution in [0, 0.1) is 0 Å². The van der Waals surface area contributed by atoms with Crippen molar-refractivity contribution in [2.24, 2.45) is 0 Å². The van der Waals surface area contributed by atoms with Crippen LogP contribution in [0.1, 0.15) is 17.3 Å². The van der Waals surface area contributed by atoms with E-state index in [0.29, 0.717) is 29.4 Å². The number of carbonyl (C=O) groups excluding carboxylic acids is 1. The van der Waals surface area contributed by atoms with Gasteiger partial charge in [0.1, 0.15) is 5.69 Å². The van der Waals surface area contributed by atoms with Gasteiger partial charge in [0.25, 0.3) is 5.91 Å². The SMILES string of the molecule is COCC(C)NC(=O)c1cn(-c2ccccc2)nc1-c1ccc(OC)c(OC)c1. The van der Waals surface area contributed by atoms with Crippen molar-refractivity contribution in [1.29, 1.82) is 0 Å². The fourth-order valence-electron chi connectivity index (χ4n) is 3.04. The molecule has 1 heterocycles. The van der Waals surface area contributed by atoms with Gasteiger partial charge in [0.15, 0.2) is 11.5 Å². The van der Waals surface area contributed by atoms with Gasteiger partial charge in [-0.1, -0.05) is 18.2 Å². The Kier molecular flexibility index (Phi) is 6.51. The summed E-state index contributed by atoms with van der Waals surface area (Å²) in [4.78, 5) is 13.0. The fourth-order valence-corrected chi connectivity index (χ4v) is 3.04. The molecule has 1 aromatic heterocycles. The van der Waals surface area contributed by atoms with Gasteiger partial charge in [-0.2, -0.15) is 5.10 Å². The predicted molar refractivity (Wildman–Crippen MR) is 111 cm³/mol. The first-order valence-electron chi connectivity index (χ1n) is 9.24. The maximum atomic E-state index is 13.0. The molecule has 0 spiro atoms. The van der Waals surface area contributed by atoms with E-state index >= 15 is 0 Å². The van der Waals surface area contributed by atoms with E-state index in [9.17, 15) is 4.79 Å². The zero-order valence-electron chi connectivity index (χ0n) is 17.0. The summed E-state index contributed by atoms with van der Waals surface area (Å²) in [6, 6.07) is 15.0. The summed E-state index contributed by atoms with van der Waals surface area (Å²) < 4.78 is 17.5. The summed E-state index contributed by atoms with van der Waals surface area (Å²) in [7, 11) is 4.76. The fraction of sp³-hybridized carbons (Fsp3) is 0.273. The topological polar surface area (TPSA) is 74.6 Å². The molecular weight excluding hydrogens is 370 g/mol. The minimum Gasteiger partial charge on any atom is -0.493 e. The third-order valence-corrected chi connectivity index (χ3v) is 4.43. The molecule has 1 N–H and O–H groups in total. The second-order valence-corrected chi connectivity index (χ2v) is 6.57. The molecule has 0 fully saturated rings. The Bertz CT molecular complexity index is 969. The van der Waals surface area contributed by atoms with E-state index in [-0.39, 0.29) is 11.9 Å². The zero-order chi connectivity index (χ0) is 20.8. The highest BCUT2D eigenvalue weighted by Gasteiger charge is 2.21. The van der Waals surface area contributed by atoms with Gasteiger partial charge in [0.2, 0.25) is 0 Å². The van der Waals surface area contributed by atoms with E-state index in [1.54, 1.807) is 38.3 Å². The number of rotatable bonds is 8. The summed E-state index contributed by atoms with van der Waals surface area (Å²) in [6.45, 7) is 2.31. The van der Waals surface area contributed by atoms with E-state index in [0.717, 1.165) is 11.3 Å². The number of benzene rings is 2. The molecule has 152 valence electrons. The van der Waals surface area contributed by atoms with Gasteiger partial charge in [0, 0.05) is 24.9 Å². The van der Waals surface area contributed by atoms with Gasteiger partial charge >= 0.3 is 0 Å². The predicted octanol–water partition coefficient (Wildman–Crippen LogP) is 3.32. The molecule has 29 heavy (non-hydrogen) atoms. The second-order valence-electron chi connectivity index (χ2n) is 6.57. The first-order valence-corrected chi connectivity index (χ1v) is 9.24. The van der Waals surface area contributed by atoms with Crippen molar-refractivity contribution in [3.63, 3.8) is 0 Å². The monoisotopic (exact) mass is 395 g/mol. The summed E-state index contributed by atoms with van der Waals surface area (Å²) in [5.41, 5.74) is 2.63. The number of nitrogens with zero attached hydrogens (tertiary/aromatic N) is 2. The first kappa shape index (κ1) is 20.4. The Morgan fingerprint density at radius 2 is 1.79 bits per heavy atom. The van der Waals surface area contributed by atoms with Gasteiger partial charge in [-0.25, -0.2) is 4.68 Å². The first-order chi connectivity index (χ1) is 14.1. The van der Waals surface area contributed by atoms with Crippen LogP contribution in [0.2, 0.25) is 0 Å². The molecule has 0 aliphatic carbocycles. The van der Waals surface area contributed by atoms with E-state index in [2.05, 4.69) is 10.4 Å². The van der Waals surface area contributed by atoms with Gasteiger partial charge in [-0.05, 0) is 37.3 Å². The molecule has 2 aromatic carbocycles. The third kappa shape index (κ3) is 4.57. The van der Waals surface area contributed by atoms with E-state index < -0.39 is 0 Å². The van der Waals surface area contributed by atoms with Crippen molar-refractivity contribution in [2.45, 2.75) is 13.0 Å². The summed E-state index contributed by atoms with van der Waals surface area (Å²) >= 11 is 0. The molecule has 0 aliphatic rings. The number of aromatic nitrogens is 2. The van der Waals surface area contributed by atoms with E-state index in [1.165, 1.54) is 0 Å². The molecule has 7 nitrogen and oxygen atoms in total. The average Bonchev–Trinajstić information content (AvgIpc) is 3.19.